The number of nitrogens with two attached hydrogens (primary N) is 1. The molecule has 0 saturated carbocycles. The quantitative estimate of drug-likeness (QED) is 0.743. The van der Waals surface area contributed by atoms with Crippen LogP contribution in [0.15, 0.2) is 18.2 Å². The van der Waals surface area contributed by atoms with Crippen molar-refractivity contribution in [1.29, 1.82) is 5.26 Å². The molecule has 0 aromatic carbocycles. The Morgan fingerprint density at radius 3 is 2.81 bits per heavy atom. The van der Waals surface area contributed by atoms with Gasteiger partial charge in [-0.25, -0.2) is 10.2 Å². The Bertz CT molecular complexity index is 393. The van der Waals surface area contributed by atoms with Crippen molar-refractivity contribution in [2.75, 3.05) is 18.0 Å². The van der Waals surface area contributed by atoms with Crippen LogP contribution in [-0.4, -0.2) is 24.8 Å². The summed E-state index contributed by atoms with van der Waals surface area (Å²) in [5, 5.41) is 8.83. The van der Waals surface area contributed by atoms with Crippen LogP contribution in [-0.2, 0) is 6.54 Å². The predicted octanol–water partition coefficient (Wildman–Crippen LogP) is 0.918. The fourth-order valence-corrected chi connectivity index (χ4v) is 1.99. The minimum Gasteiger partial charge on any atom is -0.358 e. The summed E-state index contributed by atoms with van der Waals surface area (Å²) in [6.07, 6.45) is 1.87. The molecule has 1 saturated heterocycles. The van der Waals surface area contributed by atoms with Gasteiger partial charge in [-0.1, -0.05) is 6.07 Å². The molecule has 82 valence electrons. The van der Waals surface area contributed by atoms with E-state index in [0.29, 0.717) is 6.54 Å². The summed E-state index contributed by atoms with van der Waals surface area (Å²) in [6, 6.07) is 5.93. The third kappa shape index (κ3) is 2.34. The molecule has 1 fully saturated rings. The second kappa shape index (κ2) is 5.00. The molecule has 0 unspecified atom stereocenters. The molecule has 2 rings (SSSR count). The Hall–Kier alpha value is -1.54. The molecule has 1 aromatic rings. The summed E-state index contributed by atoms with van der Waals surface area (Å²) in [5.41, 5.74) is 6.48. The van der Waals surface area contributed by atoms with E-state index in [1.165, 1.54) is 0 Å². The number of anilines is 1. The van der Waals surface area contributed by atoms with Gasteiger partial charge in [-0.05, 0) is 24.8 Å². The molecular weight excluding hydrogens is 199 g/mol. The molecule has 0 aliphatic carbocycles. The van der Waals surface area contributed by atoms with Crippen molar-refractivity contribution in [2.24, 2.45) is 5.73 Å². The summed E-state index contributed by atoms with van der Waals surface area (Å²) < 4.78 is 0. The van der Waals surface area contributed by atoms with E-state index in [2.05, 4.69) is 15.9 Å². The molecular formula is C11H15BN4. The maximum Gasteiger partial charge on any atom is 0.271 e. The van der Waals surface area contributed by atoms with Gasteiger partial charge in [0.25, 0.3) is 6.71 Å². The van der Waals surface area contributed by atoms with Crippen LogP contribution in [0.25, 0.3) is 0 Å². The molecule has 0 atom stereocenters. The Labute approximate surface area is 96.1 Å². The van der Waals surface area contributed by atoms with Crippen molar-refractivity contribution in [3.8, 4) is 5.97 Å². The van der Waals surface area contributed by atoms with Crippen LogP contribution in [0.1, 0.15) is 5.69 Å². The summed E-state index contributed by atoms with van der Waals surface area (Å²) >= 11 is 0. The first-order chi connectivity index (χ1) is 7.83. The Kier molecular flexibility index (Phi) is 3.42. The second-order valence-corrected chi connectivity index (χ2v) is 4.08. The summed E-state index contributed by atoms with van der Waals surface area (Å²) in [4.78, 5) is 6.71. The standard InChI is InChI=1S/C11H15BN4/c13-8-10-2-1-3-11(15-10)16-6-4-12(9-14)5-7-16/h1-3H,4-8,13H2. The molecule has 0 amide bonds. The third-order valence-corrected chi connectivity index (χ3v) is 3.00. The largest absolute Gasteiger partial charge is 0.358 e. The summed E-state index contributed by atoms with van der Waals surface area (Å²) in [7, 11) is 0. The molecule has 0 bridgehead atoms. The highest BCUT2D eigenvalue weighted by Crippen LogP contribution is 2.18. The Morgan fingerprint density at radius 1 is 1.44 bits per heavy atom. The van der Waals surface area contributed by atoms with Gasteiger partial charge in [0.2, 0.25) is 0 Å². The van der Waals surface area contributed by atoms with Gasteiger partial charge in [0.1, 0.15) is 5.82 Å². The van der Waals surface area contributed by atoms with Crippen molar-refractivity contribution < 1.29 is 0 Å². The van der Waals surface area contributed by atoms with Gasteiger partial charge >= 0.3 is 0 Å². The van der Waals surface area contributed by atoms with E-state index in [0.717, 1.165) is 37.2 Å². The molecule has 0 spiro atoms. The smallest absolute Gasteiger partial charge is 0.271 e. The molecule has 1 aliphatic rings. The Balaban J connectivity index is 2.05. The first kappa shape index (κ1) is 11.0. The van der Waals surface area contributed by atoms with Crippen LogP contribution in [0.4, 0.5) is 5.82 Å². The lowest BCUT2D eigenvalue weighted by atomic mass is 9.45. The first-order valence-corrected chi connectivity index (χ1v) is 5.64. The summed E-state index contributed by atoms with van der Waals surface area (Å²) in [6.45, 7) is 2.52. The third-order valence-electron chi connectivity index (χ3n) is 3.00. The Morgan fingerprint density at radius 2 is 2.19 bits per heavy atom. The van der Waals surface area contributed by atoms with Gasteiger partial charge < -0.3 is 10.6 Å². The SMILES string of the molecule is N#CB1CCN(c2cccc(CN)n2)CC1. The molecule has 5 heteroatoms. The highest BCUT2D eigenvalue weighted by Gasteiger charge is 2.23. The van der Waals surface area contributed by atoms with E-state index in [1.54, 1.807) is 0 Å². The molecule has 4 nitrogen and oxygen atoms in total. The summed E-state index contributed by atoms with van der Waals surface area (Å²) in [5.74, 6) is 3.32. The number of hydrogen-bond donors (Lipinski definition) is 1. The van der Waals surface area contributed by atoms with Crippen molar-refractivity contribution in [3.63, 3.8) is 0 Å². The maximum absolute atomic E-state index is 8.83. The van der Waals surface area contributed by atoms with Crippen molar-refractivity contribution in [1.82, 2.24) is 4.98 Å². The molecule has 1 aliphatic heterocycles. The lowest BCUT2D eigenvalue weighted by Crippen LogP contribution is -2.37. The molecule has 2 N–H and O–H groups in total. The van der Waals surface area contributed by atoms with Crippen LogP contribution < -0.4 is 10.6 Å². The van der Waals surface area contributed by atoms with E-state index < -0.39 is 0 Å². The number of pyridine rings is 1. The fourth-order valence-electron chi connectivity index (χ4n) is 1.99. The highest BCUT2D eigenvalue weighted by atomic mass is 15.2. The number of nitrogens with zero attached hydrogens (tertiary/aromatic N) is 3. The zero-order chi connectivity index (χ0) is 11.4. The maximum atomic E-state index is 8.83. The van der Waals surface area contributed by atoms with Gasteiger partial charge in [-0.2, -0.15) is 0 Å². The minimum atomic E-state index is 0.217. The first-order valence-electron chi connectivity index (χ1n) is 5.64. The molecule has 2 heterocycles. The van der Waals surface area contributed by atoms with E-state index in [9.17, 15) is 0 Å². The lowest BCUT2D eigenvalue weighted by Gasteiger charge is -2.29. The van der Waals surface area contributed by atoms with Crippen LogP contribution in [0.2, 0.25) is 12.6 Å². The van der Waals surface area contributed by atoms with E-state index in [-0.39, 0.29) is 6.71 Å². The number of hydrogen-bond acceptors (Lipinski definition) is 4. The molecule has 1 aromatic heterocycles. The van der Waals surface area contributed by atoms with Crippen LogP contribution >= 0.6 is 0 Å². The van der Waals surface area contributed by atoms with Gasteiger partial charge in [0.15, 0.2) is 0 Å². The minimum absolute atomic E-state index is 0.217. The van der Waals surface area contributed by atoms with Crippen LogP contribution in [0.5, 0.6) is 0 Å². The molecule has 16 heavy (non-hydrogen) atoms. The van der Waals surface area contributed by atoms with Crippen LogP contribution in [0, 0.1) is 11.2 Å². The lowest BCUT2D eigenvalue weighted by molar-refractivity contribution is 0.798. The number of rotatable bonds is 2. The monoisotopic (exact) mass is 214 g/mol. The fraction of sp³-hybridized carbons (Fsp3) is 0.455. The average molecular weight is 214 g/mol. The van der Waals surface area contributed by atoms with Gasteiger partial charge in [0.05, 0.1) is 5.69 Å². The topological polar surface area (TPSA) is 65.9 Å². The average Bonchev–Trinajstić information content (AvgIpc) is 2.39. The van der Waals surface area contributed by atoms with Crippen molar-refractivity contribution in [3.05, 3.63) is 23.9 Å². The van der Waals surface area contributed by atoms with Gasteiger partial charge in [0, 0.05) is 25.6 Å². The second-order valence-electron chi connectivity index (χ2n) is 4.08. The highest BCUT2D eigenvalue weighted by molar-refractivity contribution is 6.67. The predicted molar refractivity (Wildman–Crippen MR) is 65.3 cm³/mol. The zero-order valence-corrected chi connectivity index (χ0v) is 9.26. The number of nitriles is 1. The van der Waals surface area contributed by atoms with Gasteiger partial charge in [-0.15, -0.1) is 0 Å². The van der Waals surface area contributed by atoms with E-state index >= 15 is 0 Å². The van der Waals surface area contributed by atoms with E-state index in [1.807, 2.05) is 18.2 Å². The van der Waals surface area contributed by atoms with Crippen LogP contribution in [0.3, 0.4) is 0 Å². The van der Waals surface area contributed by atoms with Gasteiger partial charge in [-0.3, -0.25) is 0 Å². The zero-order valence-electron chi connectivity index (χ0n) is 9.26. The number of aromatic nitrogens is 1. The van der Waals surface area contributed by atoms with Crippen molar-refractivity contribution in [2.45, 2.75) is 19.2 Å². The normalized spacial score (nSPS) is 16.0. The van der Waals surface area contributed by atoms with Crippen molar-refractivity contribution >= 4 is 12.5 Å². The van der Waals surface area contributed by atoms with E-state index in [4.69, 9.17) is 11.0 Å². The molecule has 0 radical (unpaired) electrons.